The average Bonchev–Trinajstić information content (AvgIpc) is 0.780. The number of amides is 1. The van der Waals surface area contributed by atoms with Crippen molar-refractivity contribution in [3.8, 4) is 0 Å². The lowest BCUT2D eigenvalue weighted by atomic mass is 9.96. The first-order valence-electron chi connectivity index (χ1n) is 45.9. The SMILES string of the molecule is CCCCCCCCCCCCCCCCCCCCCCCCCCCC/C=C/C(O)C(COC1OC(CO)C(OC2OC(CO)C(OC3OC(CO)C(O)C(O)C3O)C(O)C2O)C(O)C1O)NC(=O)CCCCCCCCCCCCCCCCCCCCCCCCCCCCCCCCCCCCC. The molecule has 3 fully saturated rings. The van der Waals surface area contributed by atoms with E-state index in [0.29, 0.717) is 6.42 Å². The van der Waals surface area contributed by atoms with Crippen molar-refractivity contribution in [1.29, 1.82) is 0 Å². The number of carbonyl (C=O) groups is 1. The third kappa shape index (κ3) is 48.2. The van der Waals surface area contributed by atoms with E-state index in [4.69, 9.17) is 28.4 Å². The molecule has 0 saturated carbocycles. The molecule has 17 atom stereocenters. The van der Waals surface area contributed by atoms with E-state index in [-0.39, 0.29) is 18.9 Å². The number of hydrogen-bond acceptors (Lipinski definition) is 18. The van der Waals surface area contributed by atoms with E-state index in [1.165, 1.54) is 347 Å². The highest BCUT2D eigenvalue weighted by Crippen LogP contribution is 2.34. The lowest BCUT2D eigenvalue weighted by Crippen LogP contribution is -2.66. The van der Waals surface area contributed by atoms with Crippen LogP contribution in [0.4, 0.5) is 0 Å². The molecule has 3 saturated heterocycles. The van der Waals surface area contributed by atoms with Crippen LogP contribution in [0.1, 0.15) is 418 Å². The first kappa shape index (κ1) is 101. The highest BCUT2D eigenvalue weighted by Gasteiger charge is 2.54. The van der Waals surface area contributed by atoms with Gasteiger partial charge in [-0.1, -0.05) is 405 Å². The summed E-state index contributed by atoms with van der Waals surface area (Å²) in [5.74, 6) is -0.264. The van der Waals surface area contributed by atoms with Crippen molar-refractivity contribution in [3.63, 3.8) is 0 Å². The standard InChI is InChI=1S/C89H171NO18/c1-3-5-7-9-11-13-15-17-19-21-23-25-27-29-31-33-34-35-36-37-38-39-41-43-45-47-49-51-53-55-57-59-61-63-65-67-77(95)90-72(73(94)66-64-62-60-58-56-54-52-50-48-46-44-42-40-32-30-28-26-24-22-20-18-16-14-12-10-8-6-4-2)71-103-87-83(101)80(98)85(75(69-92)105-87)108-89-84(102)81(99)86(76(70-93)106-89)107-88-82(100)79(97)78(96)74(68-91)104-88/h64,66,72-76,78-89,91-94,96-102H,3-63,65,67-71H2,1-2H3,(H,90,95)/b66-64+. The van der Waals surface area contributed by atoms with E-state index in [1.807, 2.05) is 6.08 Å². The van der Waals surface area contributed by atoms with Gasteiger partial charge in [-0.25, -0.2) is 0 Å². The summed E-state index contributed by atoms with van der Waals surface area (Å²) in [5.41, 5.74) is 0. The molecule has 640 valence electrons. The van der Waals surface area contributed by atoms with Crippen LogP contribution in [0.3, 0.4) is 0 Å². The minimum absolute atomic E-state index is 0.251. The van der Waals surface area contributed by atoms with E-state index in [2.05, 4.69) is 19.2 Å². The molecule has 0 spiro atoms. The zero-order chi connectivity index (χ0) is 78.1. The van der Waals surface area contributed by atoms with Crippen LogP contribution >= 0.6 is 0 Å². The molecule has 3 rings (SSSR count). The van der Waals surface area contributed by atoms with Gasteiger partial charge in [0.15, 0.2) is 18.9 Å². The lowest BCUT2D eigenvalue weighted by molar-refractivity contribution is -0.379. The van der Waals surface area contributed by atoms with Crippen molar-refractivity contribution in [2.24, 2.45) is 0 Å². The number of unbranched alkanes of at least 4 members (excludes halogenated alkanes) is 60. The van der Waals surface area contributed by atoms with Crippen LogP contribution < -0.4 is 5.32 Å². The fourth-order valence-electron chi connectivity index (χ4n) is 16.0. The smallest absolute Gasteiger partial charge is 0.220 e. The number of aliphatic hydroxyl groups is 11. The van der Waals surface area contributed by atoms with Crippen LogP contribution in [0, 0.1) is 0 Å². The molecule has 0 aliphatic carbocycles. The molecular formula is C89H171NO18. The fourth-order valence-corrected chi connectivity index (χ4v) is 16.0. The predicted molar refractivity (Wildman–Crippen MR) is 434 cm³/mol. The first-order chi connectivity index (χ1) is 52.8. The summed E-state index contributed by atoms with van der Waals surface area (Å²) in [7, 11) is 0. The topological polar surface area (TPSA) is 307 Å². The summed E-state index contributed by atoms with van der Waals surface area (Å²) in [5, 5.41) is 121. The Morgan fingerprint density at radius 3 is 0.870 bits per heavy atom. The molecule has 0 radical (unpaired) electrons. The summed E-state index contributed by atoms with van der Waals surface area (Å²) in [6, 6.07) is -0.971. The Hall–Kier alpha value is -1.47. The van der Waals surface area contributed by atoms with Crippen LogP contribution in [0.2, 0.25) is 0 Å². The van der Waals surface area contributed by atoms with Gasteiger partial charge in [-0.3, -0.25) is 4.79 Å². The van der Waals surface area contributed by atoms with E-state index < -0.39 is 124 Å². The van der Waals surface area contributed by atoms with Crippen LogP contribution in [0.5, 0.6) is 0 Å². The van der Waals surface area contributed by atoms with Crippen molar-refractivity contribution in [1.82, 2.24) is 5.32 Å². The van der Waals surface area contributed by atoms with Crippen LogP contribution in [-0.2, 0) is 33.2 Å². The molecule has 108 heavy (non-hydrogen) atoms. The molecule has 19 heteroatoms. The second-order valence-electron chi connectivity index (χ2n) is 33.1. The van der Waals surface area contributed by atoms with Gasteiger partial charge in [0.25, 0.3) is 0 Å². The van der Waals surface area contributed by atoms with Gasteiger partial charge in [0.1, 0.15) is 73.2 Å². The zero-order valence-electron chi connectivity index (χ0n) is 69.1. The monoisotopic (exact) mass is 1540 g/mol. The van der Waals surface area contributed by atoms with Gasteiger partial charge < -0.3 is 89.9 Å². The van der Waals surface area contributed by atoms with E-state index in [9.17, 15) is 61.0 Å². The second-order valence-corrected chi connectivity index (χ2v) is 33.1. The molecule has 3 aliphatic heterocycles. The third-order valence-electron chi connectivity index (χ3n) is 23.3. The summed E-state index contributed by atoms with van der Waals surface area (Å²) in [6.07, 6.45) is 59.5. The Labute approximate surface area is 658 Å². The summed E-state index contributed by atoms with van der Waals surface area (Å²) in [6.45, 7) is 1.82. The highest BCUT2D eigenvalue weighted by molar-refractivity contribution is 5.76. The maximum Gasteiger partial charge on any atom is 0.220 e. The van der Waals surface area contributed by atoms with Crippen LogP contribution in [0.25, 0.3) is 0 Å². The van der Waals surface area contributed by atoms with Crippen molar-refractivity contribution in [2.45, 2.75) is 523 Å². The predicted octanol–water partition coefficient (Wildman–Crippen LogP) is 17.5. The Balaban J connectivity index is 1.31. The first-order valence-corrected chi connectivity index (χ1v) is 45.9. The average molecular weight is 1540 g/mol. The summed E-state index contributed by atoms with van der Waals surface area (Å²) < 4.78 is 34.5. The van der Waals surface area contributed by atoms with Gasteiger partial charge >= 0.3 is 0 Å². The number of aliphatic hydroxyl groups excluding tert-OH is 11. The number of carbonyl (C=O) groups excluding carboxylic acids is 1. The Kier molecular flexibility index (Phi) is 65.1. The molecular weight excluding hydrogens is 1370 g/mol. The summed E-state index contributed by atoms with van der Waals surface area (Å²) >= 11 is 0. The largest absolute Gasteiger partial charge is 0.394 e. The van der Waals surface area contributed by atoms with Gasteiger partial charge in [0.2, 0.25) is 5.91 Å². The zero-order valence-corrected chi connectivity index (χ0v) is 69.1. The third-order valence-corrected chi connectivity index (χ3v) is 23.3. The van der Waals surface area contributed by atoms with Gasteiger partial charge in [-0.05, 0) is 19.3 Å². The molecule has 1 amide bonds. The number of ether oxygens (including phenoxy) is 6. The van der Waals surface area contributed by atoms with Gasteiger partial charge in [-0.15, -0.1) is 0 Å². The van der Waals surface area contributed by atoms with Crippen molar-refractivity contribution < 1.29 is 89.4 Å². The Morgan fingerprint density at radius 1 is 0.324 bits per heavy atom. The quantitative estimate of drug-likeness (QED) is 0.0199. The van der Waals surface area contributed by atoms with Crippen molar-refractivity contribution >= 4 is 5.91 Å². The van der Waals surface area contributed by atoms with Gasteiger partial charge in [0, 0.05) is 6.42 Å². The second kappa shape index (κ2) is 69.8. The lowest BCUT2D eigenvalue weighted by Gasteiger charge is -2.48. The Morgan fingerprint density at radius 2 is 0.574 bits per heavy atom. The minimum atomic E-state index is -1.98. The van der Waals surface area contributed by atoms with Crippen LogP contribution in [0.15, 0.2) is 12.2 Å². The molecule has 17 unspecified atom stereocenters. The van der Waals surface area contributed by atoms with E-state index in [1.54, 1.807) is 6.08 Å². The number of nitrogens with one attached hydrogen (secondary N) is 1. The maximum atomic E-state index is 13.5. The summed E-state index contributed by atoms with van der Waals surface area (Å²) in [4.78, 5) is 13.5. The van der Waals surface area contributed by atoms with Gasteiger partial charge in [-0.2, -0.15) is 0 Å². The van der Waals surface area contributed by atoms with E-state index in [0.717, 1.165) is 44.9 Å². The molecule has 0 bridgehead atoms. The van der Waals surface area contributed by atoms with Crippen molar-refractivity contribution in [2.75, 3.05) is 26.4 Å². The highest BCUT2D eigenvalue weighted by atomic mass is 16.8. The molecule has 0 aromatic rings. The van der Waals surface area contributed by atoms with E-state index >= 15 is 0 Å². The Bertz CT molecular complexity index is 1990. The maximum absolute atomic E-state index is 13.5. The minimum Gasteiger partial charge on any atom is -0.394 e. The number of rotatable bonds is 76. The number of allylic oxidation sites excluding steroid dienone is 1. The molecule has 12 N–H and O–H groups in total. The van der Waals surface area contributed by atoms with Crippen molar-refractivity contribution in [3.05, 3.63) is 12.2 Å². The molecule has 3 aliphatic rings. The normalized spacial score (nSPS) is 25.4. The fraction of sp³-hybridized carbons (Fsp3) is 0.966. The molecule has 19 nitrogen and oxygen atoms in total. The van der Waals surface area contributed by atoms with Gasteiger partial charge in [0.05, 0.1) is 38.6 Å². The molecule has 3 heterocycles. The van der Waals surface area contributed by atoms with Crippen LogP contribution in [-0.4, -0.2) is 193 Å². The molecule has 0 aromatic heterocycles. The molecule has 0 aromatic carbocycles. The number of hydrogen-bond donors (Lipinski definition) is 12.